The highest BCUT2D eigenvalue weighted by Gasteiger charge is 2.29. The molecule has 0 unspecified atom stereocenters. The molecule has 0 spiro atoms. The third kappa shape index (κ3) is 6.17. The van der Waals surface area contributed by atoms with Gasteiger partial charge in [-0.05, 0) is 81.8 Å². The number of halogens is 1. The zero-order chi connectivity index (χ0) is 20.9. The van der Waals surface area contributed by atoms with Gasteiger partial charge in [-0.3, -0.25) is 9.69 Å². The molecular formula is C21H32ClN3O3S. The number of likely N-dealkylation sites (N-methyl/N-ethyl adjacent to an activating group) is 1. The van der Waals surface area contributed by atoms with Gasteiger partial charge in [-0.15, -0.1) is 0 Å². The first-order valence-corrected chi connectivity index (χ1v) is 12.5. The second-order valence-electron chi connectivity index (χ2n) is 8.19. The predicted molar refractivity (Wildman–Crippen MR) is 115 cm³/mol. The Labute approximate surface area is 179 Å². The third-order valence-electron chi connectivity index (χ3n) is 6.32. The lowest BCUT2D eigenvalue weighted by Gasteiger charge is -2.29. The summed E-state index contributed by atoms with van der Waals surface area (Å²) in [5.41, 5.74) is 0. The van der Waals surface area contributed by atoms with Crippen LogP contribution in [0.4, 0.5) is 0 Å². The van der Waals surface area contributed by atoms with Crippen molar-refractivity contribution in [3.05, 3.63) is 29.3 Å². The average Bonchev–Trinajstić information content (AvgIpc) is 3.19. The summed E-state index contributed by atoms with van der Waals surface area (Å²) in [6.07, 6.45) is 5.75. The Morgan fingerprint density at radius 1 is 1.10 bits per heavy atom. The molecule has 0 bridgehead atoms. The molecule has 6 nitrogen and oxygen atoms in total. The van der Waals surface area contributed by atoms with Crippen molar-refractivity contribution >= 4 is 27.5 Å². The van der Waals surface area contributed by atoms with E-state index >= 15 is 0 Å². The van der Waals surface area contributed by atoms with E-state index in [0.29, 0.717) is 17.6 Å². The lowest BCUT2D eigenvalue weighted by atomic mass is 9.81. The molecule has 1 heterocycles. The molecule has 1 saturated heterocycles. The fraction of sp³-hybridized carbons (Fsp3) is 0.667. The van der Waals surface area contributed by atoms with Crippen molar-refractivity contribution in [1.29, 1.82) is 0 Å². The van der Waals surface area contributed by atoms with E-state index in [-0.39, 0.29) is 22.6 Å². The Hall–Kier alpha value is -1.15. The van der Waals surface area contributed by atoms with Crippen LogP contribution in [0.5, 0.6) is 0 Å². The fourth-order valence-electron chi connectivity index (χ4n) is 4.46. The summed E-state index contributed by atoms with van der Waals surface area (Å²) < 4.78 is 27.5. The number of hydrogen-bond acceptors (Lipinski definition) is 4. The number of nitrogens with zero attached hydrogens (tertiary/aromatic N) is 1. The van der Waals surface area contributed by atoms with E-state index in [4.69, 9.17) is 11.6 Å². The molecule has 2 aliphatic rings. The SMILES string of the molecule is CCN1CCC[C@@H]1CNC(=O)C1CCC(CNS(=O)(=O)c2ccc(Cl)cc2)CC1. The van der Waals surface area contributed by atoms with Crippen LogP contribution >= 0.6 is 11.6 Å². The molecule has 0 radical (unpaired) electrons. The number of carbonyl (C=O) groups excluding carboxylic acids is 1. The summed E-state index contributed by atoms with van der Waals surface area (Å²) in [7, 11) is -3.52. The summed E-state index contributed by atoms with van der Waals surface area (Å²) in [4.78, 5) is 15.2. The number of carbonyl (C=O) groups is 1. The number of rotatable bonds is 8. The smallest absolute Gasteiger partial charge is 0.240 e. The molecule has 1 amide bonds. The van der Waals surface area contributed by atoms with Crippen LogP contribution in [-0.4, -0.2) is 51.4 Å². The summed E-state index contributed by atoms with van der Waals surface area (Å²) in [5, 5.41) is 3.66. The number of sulfonamides is 1. The highest BCUT2D eigenvalue weighted by Crippen LogP contribution is 2.29. The molecule has 1 atom stereocenters. The quantitative estimate of drug-likeness (QED) is 0.650. The topological polar surface area (TPSA) is 78.5 Å². The fourth-order valence-corrected chi connectivity index (χ4v) is 5.70. The van der Waals surface area contributed by atoms with Crippen molar-refractivity contribution in [3.8, 4) is 0 Å². The van der Waals surface area contributed by atoms with Gasteiger partial charge in [0.1, 0.15) is 0 Å². The maximum absolute atomic E-state index is 12.5. The van der Waals surface area contributed by atoms with E-state index in [0.717, 1.165) is 51.7 Å². The average molecular weight is 442 g/mol. The largest absolute Gasteiger partial charge is 0.354 e. The Morgan fingerprint density at radius 3 is 2.45 bits per heavy atom. The Bertz CT molecular complexity index is 777. The number of hydrogen-bond donors (Lipinski definition) is 2. The van der Waals surface area contributed by atoms with Gasteiger partial charge in [-0.2, -0.15) is 0 Å². The van der Waals surface area contributed by atoms with Crippen LogP contribution in [0.2, 0.25) is 5.02 Å². The molecule has 1 aliphatic carbocycles. The van der Waals surface area contributed by atoms with Crippen molar-refractivity contribution in [2.24, 2.45) is 11.8 Å². The molecule has 1 aromatic carbocycles. The molecule has 1 aromatic rings. The predicted octanol–water partition coefficient (Wildman–Crippen LogP) is 3.03. The molecule has 162 valence electrons. The minimum atomic E-state index is -3.52. The molecule has 1 aliphatic heterocycles. The van der Waals surface area contributed by atoms with Gasteiger partial charge in [0.2, 0.25) is 15.9 Å². The standard InChI is InChI=1S/C21H32ClN3O3S/c1-2-25-13-3-4-19(25)15-23-21(26)17-7-5-16(6-8-17)14-24-29(27,28)20-11-9-18(22)10-12-20/h9-12,16-17,19,24H,2-8,13-15H2,1H3,(H,23,26)/t16?,17?,19-/m1/s1. The summed E-state index contributed by atoms with van der Waals surface area (Å²) in [6.45, 7) is 5.49. The van der Waals surface area contributed by atoms with Crippen molar-refractivity contribution in [2.45, 2.75) is 56.4 Å². The van der Waals surface area contributed by atoms with Crippen LogP contribution < -0.4 is 10.0 Å². The van der Waals surface area contributed by atoms with E-state index in [1.165, 1.54) is 18.6 Å². The van der Waals surface area contributed by atoms with Crippen molar-refractivity contribution in [1.82, 2.24) is 14.9 Å². The zero-order valence-electron chi connectivity index (χ0n) is 17.1. The second kappa shape index (κ2) is 10.2. The van der Waals surface area contributed by atoms with E-state index in [2.05, 4.69) is 21.9 Å². The molecule has 29 heavy (non-hydrogen) atoms. The second-order valence-corrected chi connectivity index (χ2v) is 10.4. The van der Waals surface area contributed by atoms with Gasteiger partial charge in [-0.25, -0.2) is 13.1 Å². The lowest BCUT2D eigenvalue weighted by molar-refractivity contribution is -0.126. The summed E-state index contributed by atoms with van der Waals surface area (Å²) >= 11 is 5.82. The number of nitrogens with one attached hydrogen (secondary N) is 2. The van der Waals surface area contributed by atoms with E-state index < -0.39 is 10.0 Å². The zero-order valence-corrected chi connectivity index (χ0v) is 18.6. The first kappa shape index (κ1) is 22.5. The third-order valence-corrected chi connectivity index (χ3v) is 8.01. The molecule has 3 rings (SSSR count). The minimum absolute atomic E-state index is 0.0515. The van der Waals surface area contributed by atoms with Gasteiger partial charge < -0.3 is 5.32 Å². The molecular weight excluding hydrogens is 410 g/mol. The van der Waals surface area contributed by atoms with Crippen LogP contribution in [0.25, 0.3) is 0 Å². The highest BCUT2D eigenvalue weighted by atomic mass is 35.5. The molecule has 2 fully saturated rings. The summed E-state index contributed by atoms with van der Waals surface area (Å²) in [6, 6.07) is 6.64. The van der Waals surface area contributed by atoms with Crippen LogP contribution in [0.1, 0.15) is 45.4 Å². The molecule has 1 saturated carbocycles. The van der Waals surface area contributed by atoms with Gasteiger partial charge >= 0.3 is 0 Å². The Balaban J connectivity index is 1.39. The highest BCUT2D eigenvalue weighted by molar-refractivity contribution is 7.89. The van der Waals surface area contributed by atoms with Gasteiger partial charge in [0.05, 0.1) is 4.90 Å². The monoisotopic (exact) mass is 441 g/mol. The number of likely N-dealkylation sites (tertiary alicyclic amines) is 1. The van der Waals surface area contributed by atoms with Crippen LogP contribution in [0, 0.1) is 11.8 Å². The van der Waals surface area contributed by atoms with Gasteiger partial charge in [0.25, 0.3) is 0 Å². The van der Waals surface area contributed by atoms with Crippen LogP contribution in [0.15, 0.2) is 29.2 Å². The maximum atomic E-state index is 12.5. The first-order valence-electron chi connectivity index (χ1n) is 10.7. The molecule has 8 heteroatoms. The summed E-state index contributed by atoms with van der Waals surface area (Å²) in [5.74, 6) is 0.482. The lowest BCUT2D eigenvalue weighted by Crippen LogP contribution is -2.43. The normalized spacial score (nSPS) is 25.8. The van der Waals surface area contributed by atoms with E-state index in [9.17, 15) is 13.2 Å². The van der Waals surface area contributed by atoms with Crippen molar-refractivity contribution in [3.63, 3.8) is 0 Å². The Morgan fingerprint density at radius 2 is 1.79 bits per heavy atom. The number of benzene rings is 1. The van der Waals surface area contributed by atoms with E-state index in [1.807, 2.05) is 0 Å². The molecule has 0 aromatic heterocycles. The maximum Gasteiger partial charge on any atom is 0.240 e. The Kier molecular flexibility index (Phi) is 7.96. The van der Waals surface area contributed by atoms with Crippen LogP contribution in [0.3, 0.4) is 0 Å². The first-order chi connectivity index (χ1) is 13.9. The van der Waals surface area contributed by atoms with Gasteiger partial charge in [0, 0.05) is 30.1 Å². The minimum Gasteiger partial charge on any atom is -0.354 e. The van der Waals surface area contributed by atoms with E-state index in [1.54, 1.807) is 12.1 Å². The van der Waals surface area contributed by atoms with Gasteiger partial charge in [0.15, 0.2) is 0 Å². The van der Waals surface area contributed by atoms with Gasteiger partial charge in [-0.1, -0.05) is 18.5 Å². The van der Waals surface area contributed by atoms with Crippen molar-refractivity contribution < 1.29 is 13.2 Å². The van der Waals surface area contributed by atoms with Crippen molar-refractivity contribution in [2.75, 3.05) is 26.2 Å². The molecule has 2 N–H and O–H groups in total. The number of amides is 1. The van der Waals surface area contributed by atoms with Crippen LogP contribution in [-0.2, 0) is 14.8 Å².